The second kappa shape index (κ2) is 4.84. The molecule has 4 heteroatoms. The van der Waals surface area contributed by atoms with Gasteiger partial charge in [-0.3, -0.25) is 4.79 Å². The quantitative estimate of drug-likeness (QED) is 0.713. The molecule has 0 aliphatic carbocycles. The van der Waals surface area contributed by atoms with Gasteiger partial charge in [-0.05, 0) is 11.6 Å². The lowest BCUT2D eigenvalue weighted by molar-refractivity contribution is -0.109. The molecule has 70 valence electrons. The van der Waals surface area contributed by atoms with Crippen LogP contribution in [-0.2, 0) is 17.9 Å². The molecule has 0 unspecified atom stereocenters. The number of benzene rings is 1. The first-order valence-electron chi connectivity index (χ1n) is 3.83. The number of hydrogen-bond donors (Lipinski definition) is 2. The number of rotatable bonds is 4. The fourth-order valence-corrected chi connectivity index (χ4v) is 1.35. The van der Waals surface area contributed by atoms with E-state index in [9.17, 15) is 4.79 Å². The first kappa shape index (κ1) is 10.0. The molecule has 1 amide bonds. The number of amides is 1. The van der Waals surface area contributed by atoms with Crippen LogP contribution in [-0.4, -0.2) is 11.5 Å². The number of aliphatic hydroxyl groups excluding tert-OH is 1. The van der Waals surface area contributed by atoms with Gasteiger partial charge >= 0.3 is 0 Å². The Balaban J connectivity index is 2.91. The van der Waals surface area contributed by atoms with Crippen LogP contribution in [0.25, 0.3) is 0 Å². The van der Waals surface area contributed by atoms with Gasteiger partial charge in [0, 0.05) is 17.1 Å². The van der Waals surface area contributed by atoms with E-state index in [0.717, 1.165) is 5.56 Å². The maximum absolute atomic E-state index is 10.1. The summed E-state index contributed by atoms with van der Waals surface area (Å²) in [6.07, 6.45) is 0.613. The molecule has 13 heavy (non-hydrogen) atoms. The Morgan fingerprint density at radius 3 is 2.92 bits per heavy atom. The number of aliphatic hydroxyl groups is 1. The fourth-order valence-electron chi connectivity index (χ4n) is 1.10. The molecule has 0 spiro atoms. The molecule has 0 radical (unpaired) electrons. The van der Waals surface area contributed by atoms with Crippen molar-refractivity contribution in [2.24, 2.45) is 0 Å². The molecule has 0 fully saturated rings. The van der Waals surface area contributed by atoms with E-state index < -0.39 is 0 Å². The van der Waals surface area contributed by atoms with Gasteiger partial charge in [0.15, 0.2) is 0 Å². The third-order valence-electron chi connectivity index (χ3n) is 1.75. The standard InChI is InChI=1S/C9H10ClNO2/c10-9-3-1-2-7(4-11-6-13)8(9)5-12/h1-3,6,12H,4-5H2,(H,11,13). The van der Waals surface area contributed by atoms with Gasteiger partial charge in [0.2, 0.25) is 6.41 Å². The van der Waals surface area contributed by atoms with Gasteiger partial charge < -0.3 is 10.4 Å². The maximum Gasteiger partial charge on any atom is 0.207 e. The van der Waals surface area contributed by atoms with Crippen LogP contribution in [0.2, 0.25) is 5.02 Å². The van der Waals surface area contributed by atoms with Gasteiger partial charge in [-0.15, -0.1) is 0 Å². The maximum atomic E-state index is 10.1. The van der Waals surface area contributed by atoms with E-state index in [-0.39, 0.29) is 6.61 Å². The van der Waals surface area contributed by atoms with Crippen LogP contribution in [0, 0.1) is 0 Å². The summed E-state index contributed by atoms with van der Waals surface area (Å²) in [5.41, 5.74) is 1.50. The third-order valence-corrected chi connectivity index (χ3v) is 2.10. The number of nitrogens with one attached hydrogen (secondary N) is 1. The van der Waals surface area contributed by atoms with Crippen molar-refractivity contribution in [2.75, 3.05) is 0 Å². The van der Waals surface area contributed by atoms with E-state index in [2.05, 4.69) is 5.32 Å². The highest BCUT2D eigenvalue weighted by Crippen LogP contribution is 2.19. The number of hydrogen-bond acceptors (Lipinski definition) is 2. The van der Waals surface area contributed by atoms with E-state index in [1.54, 1.807) is 12.1 Å². The van der Waals surface area contributed by atoms with Crippen LogP contribution in [0.4, 0.5) is 0 Å². The molecular weight excluding hydrogens is 190 g/mol. The van der Waals surface area contributed by atoms with Gasteiger partial charge in [-0.25, -0.2) is 0 Å². The van der Waals surface area contributed by atoms with E-state index in [1.807, 2.05) is 6.07 Å². The molecule has 3 nitrogen and oxygen atoms in total. The van der Waals surface area contributed by atoms with Crippen molar-refractivity contribution in [3.63, 3.8) is 0 Å². The van der Waals surface area contributed by atoms with E-state index in [4.69, 9.17) is 16.7 Å². The normalized spacial score (nSPS) is 9.69. The molecule has 0 atom stereocenters. The summed E-state index contributed by atoms with van der Waals surface area (Å²) in [5, 5.41) is 12.0. The molecule has 0 aromatic heterocycles. The number of carbonyl (C=O) groups is 1. The minimum Gasteiger partial charge on any atom is -0.392 e. The first-order chi connectivity index (χ1) is 6.29. The van der Waals surface area contributed by atoms with Crippen LogP contribution < -0.4 is 5.32 Å². The summed E-state index contributed by atoms with van der Waals surface area (Å²) in [6.45, 7) is 0.273. The van der Waals surface area contributed by atoms with Gasteiger partial charge in [-0.2, -0.15) is 0 Å². The molecule has 0 aliphatic heterocycles. The molecule has 0 heterocycles. The molecule has 0 bridgehead atoms. The smallest absolute Gasteiger partial charge is 0.207 e. The van der Waals surface area contributed by atoms with Gasteiger partial charge in [-0.1, -0.05) is 23.7 Å². The lowest BCUT2D eigenvalue weighted by Crippen LogP contribution is -2.11. The third kappa shape index (κ3) is 2.44. The molecular formula is C9H10ClNO2. The SMILES string of the molecule is O=CNCc1cccc(Cl)c1CO. The topological polar surface area (TPSA) is 49.3 Å². The summed E-state index contributed by atoms with van der Waals surface area (Å²) >= 11 is 5.83. The number of carbonyl (C=O) groups excluding carboxylic acids is 1. The Bertz CT molecular complexity index is 302. The highest BCUT2D eigenvalue weighted by atomic mass is 35.5. The predicted molar refractivity (Wildman–Crippen MR) is 50.3 cm³/mol. The van der Waals surface area contributed by atoms with Crippen molar-refractivity contribution in [1.82, 2.24) is 5.32 Å². The largest absolute Gasteiger partial charge is 0.392 e. The Morgan fingerprint density at radius 1 is 1.54 bits per heavy atom. The summed E-state index contributed by atoms with van der Waals surface area (Å²) < 4.78 is 0. The fraction of sp³-hybridized carbons (Fsp3) is 0.222. The molecule has 2 N–H and O–H groups in total. The Labute approximate surface area is 81.3 Å². The van der Waals surface area contributed by atoms with Gasteiger partial charge in [0.1, 0.15) is 0 Å². The van der Waals surface area contributed by atoms with Crippen LogP contribution in [0.15, 0.2) is 18.2 Å². The zero-order valence-electron chi connectivity index (χ0n) is 6.96. The Morgan fingerprint density at radius 2 is 2.31 bits per heavy atom. The molecule has 1 aromatic rings. The zero-order valence-corrected chi connectivity index (χ0v) is 7.71. The molecule has 1 rings (SSSR count). The van der Waals surface area contributed by atoms with Crippen LogP contribution in [0.5, 0.6) is 0 Å². The van der Waals surface area contributed by atoms with Crippen molar-refractivity contribution in [3.05, 3.63) is 34.3 Å². The second-order valence-corrected chi connectivity index (χ2v) is 2.94. The monoisotopic (exact) mass is 199 g/mol. The Kier molecular flexibility index (Phi) is 3.73. The highest BCUT2D eigenvalue weighted by Gasteiger charge is 2.04. The summed E-state index contributed by atoms with van der Waals surface area (Å²) in [7, 11) is 0. The minimum absolute atomic E-state index is 0.116. The average Bonchev–Trinajstić information content (AvgIpc) is 2.15. The van der Waals surface area contributed by atoms with E-state index >= 15 is 0 Å². The summed E-state index contributed by atoms with van der Waals surface area (Å²) in [4.78, 5) is 10.1. The minimum atomic E-state index is -0.116. The first-order valence-corrected chi connectivity index (χ1v) is 4.21. The van der Waals surface area contributed by atoms with E-state index in [1.165, 1.54) is 0 Å². The molecule has 0 aliphatic rings. The van der Waals surface area contributed by atoms with Crippen molar-refractivity contribution in [2.45, 2.75) is 13.2 Å². The van der Waals surface area contributed by atoms with Crippen molar-refractivity contribution >= 4 is 18.0 Å². The highest BCUT2D eigenvalue weighted by molar-refractivity contribution is 6.31. The lowest BCUT2D eigenvalue weighted by atomic mass is 10.1. The van der Waals surface area contributed by atoms with Crippen molar-refractivity contribution in [3.8, 4) is 0 Å². The Hall–Kier alpha value is -1.06. The van der Waals surface area contributed by atoms with Crippen LogP contribution in [0.3, 0.4) is 0 Å². The number of halogens is 1. The lowest BCUT2D eigenvalue weighted by Gasteiger charge is -2.07. The molecule has 0 saturated carbocycles. The second-order valence-electron chi connectivity index (χ2n) is 2.53. The van der Waals surface area contributed by atoms with Gasteiger partial charge in [0.25, 0.3) is 0 Å². The van der Waals surface area contributed by atoms with Crippen molar-refractivity contribution < 1.29 is 9.90 Å². The van der Waals surface area contributed by atoms with Crippen LogP contribution >= 0.6 is 11.6 Å². The van der Waals surface area contributed by atoms with Crippen molar-refractivity contribution in [1.29, 1.82) is 0 Å². The average molecular weight is 200 g/mol. The predicted octanol–water partition coefficient (Wildman–Crippen LogP) is 1.08. The summed E-state index contributed by atoms with van der Waals surface area (Å²) in [6, 6.07) is 5.30. The molecule has 0 saturated heterocycles. The molecule has 1 aromatic carbocycles. The van der Waals surface area contributed by atoms with Crippen LogP contribution in [0.1, 0.15) is 11.1 Å². The van der Waals surface area contributed by atoms with E-state index in [0.29, 0.717) is 23.5 Å². The zero-order chi connectivity index (χ0) is 9.68. The summed E-state index contributed by atoms with van der Waals surface area (Å²) in [5.74, 6) is 0. The van der Waals surface area contributed by atoms with Gasteiger partial charge in [0.05, 0.1) is 6.61 Å².